The Balaban J connectivity index is 2.37. The number of benzene rings is 1. The van der Waals surface area contributed by atoms with Crippen LogP contribution in [0.15, 0.2) is 24.3 Å². The van der Waals surface area contributed by atoms with Gasteiger partial charge in [0.1, 0.15) is 15.6 Å². The molecule has 0 fully saturated rings. The third-order valence-corrected chi connectivity index (χ3v) is 3.93. The average molecular weight is 285 g/mol. The zero-order valence-electron chi connectivity index (χ0n) is 11.8. The van der Waals surface area contributed by atoms with Gasteiger partial charge in [-0.05, 0) is 37.9 Å². The van der Waals surface area contributed by atoms with E-state index in [4.69, 9.17) is 4.74 Å². The third-order valence-electron chi connectivity index (χ3n) is 2.90. The Morgan fingerprint density at radius 1 is 1.32 bits per heavy atom. The number of ether oxygens (including phenoxy) is 1. The molecule has 1 atom stereocenters. The van der Waals surface area contributed by atoms with Crippen molar-refractivity contribution in [1.82, 2.24) is 5.32 Å². The van der Waals surface area contributed by atoms with Gasteiger partial charge in [-0.3, -0.25) is 0 Å². The van der Waals surface area contributed by atoms with Crippen molar-refractivity contribution in [3.8, 4) is 5.75 Å². The minimum Gasteiger partial charge on any atom is -0.496 e. The molecular formula is C14H23NO3S. The third kappa shape index (κ3) is 6.59. The highest BCUT2D eigenvalue weighted by Gasteiger charge is 2.08. The van der Waals surface area contributed by atoms with Gasteiger partial charge in [0.2, 0.25) is 0 Å². The summed E-state index contributed by atoms with van der Waals surface area (Å²) in [4.78, 5) is 0. The van der Waals surface area contributed by atoms with E-state index >= 15 is 0 Å². The van der Waals surface area contributed by atoms with Crippen LogP contribution in [0.25, 0.3) is 0 Å². The molecule has 0 saturated heterocycles. The predicted molar refractivity (Wildman–Crippen MR) is 78.5 cm³/mol. The summed E-state index contributed by atoms with van der Waals surface area (Å²) in [6, 6.07) is 8.23. The van der Waals surface area contributed by atoms with Crippen LogP contribution < -0.4 is 10.1 Å². The molecule has 0 saturated carbocycles. The molecule has 1 aromatic rings. The summed E-state index contributed by atoms with van der Waals surface area (Å²) < 4.78 is 27.3. The van der Waals surface area contributed by atoms with E-state index < -0.39 is 9.84 Å². The van der Waals surface area contributed by atoms with Gasteiger partial charge in [-0.15, -0.1) is 0 Å². The van der Waals surface area contributed by atoms with Crippen LogP contribution in [0.2, 0.25) is 0 Å². The summed E-state index contributed by atoms with van der Waals surface area (Å²) in [5, 5.41) is 3.33. The zero-order chi connectivity index (χ0) is 14.3. The molecule has 0 heterocycles. The van der Waals surface area contributed by atoms with Crippen LogP contribution >= 0.6 is 0 Å². The molecule has 0 aromatic heterocycles. The van der Waals surface area contributed by atoms with E-state index in [0.717, 1.165) is 17.7 Å². The second-order valence-corrected chi connectivity index (χ2v) is 7.11. The smallest absolute Gasteiger partial charge is 0.147 e. The molecule has 0 aliphatic carbocycles. The minimum absolute atomic E-state index is 0.237. The summed E-state index contributed by atoms with van der Waals surface area (Å²) in [6.45, 7) is 2.80. The molecule has 0 aliphatic heterocycles. The van der Waals surface area contributed by atoms with Crippen molar-refractivity contribution in [2.75, 3.05) is 25.7 Å². The Kier molecular flexibility index (Phi) is 6.31. The van der Waals surface area contributed by atoms with E-state index in [-0.39, 0.29) is 11.8 Å². The number of para-hydroxylation sites is 1. The molecule has 5 heteroatoms. The summed E-state index contributed by atoms with van der Waals surface area (Å²) >= 11 is 0. The number of rotatable bonds is 8. The average Bonchev–Trinajstić information content (AvgIpc) is 2.34. The first kappa shape index (κ1) is 16.0. The van der Waals surface area contributed by atoms with Gasteiger partial charge in [0, 0.05) is 12.3 Å². The molecular weight excluding hydrogens is 262 g/mol. The maximum atomic E-state index is 11.0. The second kappa shape index (κ2) is 7.50. The summed E-state index contributed by atoms with van der Waals surface area (Å²) in [7, 11) is -1.18. The standard InChI is InChI=1S/C14H23NO3S/c1-12(15-9-6-10-19(3,16)17)11-13-7-4-5-8-14(13)18-2/h4-5,7-8,12,15H,6,9-11H2,1-3H3. The lowest BCUT2D eigenvalue weighted by Crippen LogP contribution is -2.30. The summed E-state index contributed by atoms with van der Waals surface area (Å²) in [6.07, 6.45) is 2.78. The molecule has 1 rings (SSSR count). The van der Waals surface area contributed by atoms with Crippen LogP contribution in [-0.2, 0) is 16.3 Å². The Morgan fingerprint density at radius 2 is 2.00 bits per heavy atom. The van der Waals surface area contributed by atoms with Crippen LogP contribution in [0.3, 0.4) is 0 Å². The molecule has 1 aromatic carbocycles. The van der Waals surface area contributed by atoms with E-state index in [1.54, 1.807) is 7.11 Å². The molecule has 4 nitrogen and oxygen atoms in total. The monoisotopic (exact) mass is 285 g/mol. The molecule has 0 aliphatic rings. The quantitative estimate of drug-likeness (QED) is 0.738. The molecule has 0 bridgehead atoms. The van der Waals surface area contributed by atoms with Crippen LogP contribution in [0.5, 0.6) is 5.75 Å². The summed E-state index contributed by atoms with van der Waals surface area (Å²) in [5.74, 6) is 1.13. The number of nitrogens with one attached hydrogen (secondary N) is 1. The van der Waals surface area contributed by atoms with E-state index in [0.29, 0.717) is 13.0 Å². The fraction of sp³-hybridized carbons (Fsp3) is 0.571. The number of methoxy groups -OCH3 is 1. The maximum absolute atomic E-state index is 11.0. The van der Waals surface area contributed by atoms with Crippen molar-refractivity contribution >= 4 is 9.84 Å². The van der Waals surface area contributed by atoms with Gasteiger partial charge in [-0.2, -0.15) is 0 Å². The van der Waals surface area contributed by atoms with Crippen molar-refractivity contribution in [3.63, 3.8) is 0 Å². The van der Waals surface area contributed by atoms with Crippen LogP contribution in [0, 0.1) is 0 Å². The highest BCUT2D eigenvalue weighted by Crippen LogP contribution is 2.18. The fourth-order valence-corrected chi connectivity index (χ4v) is 2.63. The van der Waals surface area contributed by atoms with Crippen molar-refractivity contribution in [2.45, 2.75) is 25.8 Å². The van der Waals surface area contributed by atoms with Crippen molar-refractivity contribution in [2.24, 2.45) is 0 Å². The Morgan fingerprint density at radius 3 is 2.63 bits per heavy atom. The molecule has 108 valence electrons. The topological polar surface area (TPSA) is 55.4 Å². The van der Waals surface area contributed by atoms with Gasteiger partial charge in [0.05, 0.1) is 12.9 Å². The Bertz CT molecular complexity index is 485. The lowest BCUT2D eigenvalue weighted by atomic mass is 10.1. The van der Waals surface area contributed by atoms with Crippen LogP contribution in [-0.4, -0.2) is 40.1 Å². The van der Waals surface area contributed by atoms with Crippen molar-refractivity contribution in [3.05, 3.63) is 29.8 Å². The lowest BCUT2D eigenvalue weighted by Gasteiger charge is -2.15. The van der Waals surface area contributed by atoms with Gasteiger partial charge in [0.25, 0.3) is 0 Å². The van der Waals surface area contributed by atoms with E-state index in [2.05, 4.69) is 12.2 Å². The highest BCUT2D eigenvalue weighted by atomic mass is 32.2. The van der Waals surface area contributed by atoms with Gasteiger partial charge in [0.15, 0.2) is 0 Å². The molecule has 0 spiro atoms. The molecule has 19 heavy (non-hydrogen) atoms. The van der Waals surface area contributed by atoms with Gasteiger partial charge >= 0.3 is 0 Å². The lowest BCUT2D eigenvalue weighted by molar-refractivity contribution is 0.406. The SMILES string of the molecule is COc1ccccc1CC(C)NCCCS(C)(=O)=O. The predicted octanol–water partition coefficient (Wildman–Crippen LogP) is 1.65. The fourth-order valence-electron chi connectivity index (χ4n) is 1.96. The van der Waals surface area contributed by atoms with E-state index in [1.165, 1.54) is 6.26 Å². The Labute approximate surface area is 116 Å². The number of hydrogen-bond acceptors (Lipinski definition) is 4. The first-order valence-corrected chi connectivity index (χ1v) is 8.51. The number of sulfone groups is 1. The van der Waals surface area contributed by atoms with Gasteiger partial charge in [-0.1, -0.05) is 18.2 Å². The van der Waals surface area contributed by atoms with Gasteiger partial charge < -0.3 is 10.1 Å². The van der Waals surface area contributed by atoms with E-state index in [9.17, 15) is 8.42 Å². The van der Waals surface area contributed by atoms with Crippen LogP contribution in [0.1, 0.15) is 18.9 Å². The molecule has 0 radical (unpaired) electrons. The van der Waals surface area contributed by atoms with Crippen molar-refractivity contribution in [1.29, 1.82) is 0 Å². The first-order valence-electron chi connectivity index (χ1n) is 6.45. The molecule has 1 N–H and O–H groups in total. The maximum Gasteiger partial charge on any atom is 0.147 e. The zero-order valence-corrected chi connectivity index (χ0v) is 12.7. The second-order valence-electron chi connectivity index (χ2n) is 4.85. The minimum atomic E-state index is -2.85. The number of hydrogen-bond donors (Lipinski definition) is 1. The van der Waals surface area contributed by atoms with Crippen LogP contribution in [0.4, 0.5) is 0 Å². The van der Waals surface area contributed by atoms with E-state index in [1.807, 2.05) is 24.3 Å². The highest BCUT2D eigenvalue weighted by molar-refractivity contribution is 7.90. The molecule has 1 unspecified atom stereocenters. The van der Waals surface area contributed by atoms with Gasteiger partial charge in [-0.25, -0.2) is 8.42 Å². The molecule has 0 amide bonds. The Hall–Kier alpha value is -1.07. The normalized spacial score (nSPS) is 13.2. The largest absolute Gasteiger partial charge is 0.496 e. The summed E-state index contributed by atoms with van der Waals surface area (Å²) in [5.41, 5.74) is 1.16. The first-order chi connectivity index (χ1) is 8.92. The van der Waals surface area contributed by atoms with Crippen molar-refractivity contribution < 1.29 is 13.2 Å².